The van der Waals surface area contributed by atoms with E-state index in [0.717, 1.165) is 25.2 Å². The van der Waals surface area contributed by atoms with Crippen molar-refractivity contribution < 1.29 is 0 Å². The van der Waals surface area contributed by atoms with Crippen LogP contribution in [0.25, 0.3) is 0 Å². The molecular weight excluding hydrogens is 242 g/mol. The lowest BCUT2D eigenvalue weighted by Crippen LogP contribution is -2.35. The molecule has 1 heterocycles. The fourth-order valence-corrected chi connectivity index (χ4v) is 3.23. The Morgan fingerprint density at radius 1 is 1.28 bits per heavy atom. The van der Waals surface area contributed by atoms with Crippen molar-refractivity contribution in [3.05, 3.63) is 35.9 Å². The number of amidine groups is 1. The van der Waals surface area contributed by atoms with Gasteiger partial charge in [0, 0.05) is 18.8 Å². The van der Waals surface area contributed by atoms with Crippen molar-refractivity contribution in [2.24, 2.45) is 5.73 Å². The predicted molar refractivity (Wildman–Crippen MR) is 79.5 cm³/mol. The molecule has 3 nitrogen and oxygen atoms in total. The number of hydrogen-bond acceptors (Lipinski definition) is 3. The van der Waals surface area contributed by atoms with Gasteiger partial charge < -0.3 is 10.6 Å². The minimum atomic E-state index is 0.0364. The summed E-state index contributed by atoms with van der Waals surface area (Å²) >= 11 is 2.02. The van der Waals surface area contributed by atoms with Gasteiger partial charge in [-0.1, -0.05) is 30.3 Å². The Balaban J connectivity index is 2.04. The molecule has 1 aliphatic heterocycles. The molecule has 0 aromatic heterocycles. The van der Waals surface area contributed by atoms with Gasteiger partial charge in [-0.3, -0.25) is 5.41 Å². The van der Waals surface area contributed by atoms with Gasteiger partial charge in [0.15, 0.2) is 0 Å². The Kier molecular flexibility index (Phi) is 5.08. The van der Waals surface area contributed by atoms with E-state index in [1.807, 2.05) is 30.0 Å². The zero-order chi connectivity index (χ0) is 12.8. The Morgan fingerprint density at radius 3 is 2.78 bits per heavy atom. The lowest BCUT2D eigenvalue weighted by molar-refractivity contribution is 0.292. The molecule has 1 fully saturated rings. The summed E-state index contributed by atoms with van der Waals surface area (Å²) in [5, 5.41) is 7.81. The van der Waals surface area contributed by atoms with Crippen molar-refractivity contribution in [1.82, 2.24) is 4.90 Å². The normalized spacial score (nSPS) is 19.1. The van der Waals surface area contributed by atoms with E-state index in [9.17, 15) is 0 Å². The van der Waals surface area contributed by atoms with Crippen LogP contribution in [0.3, 0.4) is 0 Å². The van der Waals surface area contributed by atoms with Crippen molar-refractivity contribution in [3.63, 3.8) is 0 Å². The molecule has 1 aromatic rings. The van der Waals surface area contributed by atoms with Crippen LogP contribution in [0.1, 0.15) is 17.9 Å². The quantitative estimate of drug-likeness (QED) is 0.646. The van der Waals surface area contributed by atoms with E-state index < -0.39 is 0 Å². The van der Waals surface area contributed by atoms with Crippen LogP contribution in [-0.4, -0.2) is 41.9 Å². The van der Waals surface area contributed by atoms with Crippen LogP contribution in [0.5, 0.6) is 0 Å². The summed E-state index contributed by atoms with van der Waals surface area (Å²) in [4.78, 5) is 2.44. The Labute approximate surface area is 113 Å². The summed E-state index contributed by atoms with van der Waals surface area (Å²) < 4.78 is 0. The summed E-state index contributed by atoms with van der Waals surface area (Å²) in [7, 11) is 0. The van der Waals surface area contributed by atoms with Crippen LogP contribution in [-0.2, 0) is 0 Å². The van der Waals surface area contributed by atoms with E-state index in [2.05, 4.69) is 17.0 Å². The molecule has 18 heavy (non-hydrogen) atoms. The fourth-order valence-electron chi connectivity index (χ4n) is 2.31. The fraction of sp³-hybridized carbons (Fsp3) is 0.500. The van der Waals surface area contributed by atoms with Crippen molar-refractivity contribution in [3.8, 4) is 0 Å². The molecule has 1 aliphatic rings. The molecule has 1 aromatic carbocycles. The van der Waals surface area contributed by atoms with Gasteiger partial charge in [-0.25, -0.2) is 0 Å². The predicted octanol–water partition coefficient (Wildman–Crippen LogP) is 2.15. The molecule has 0 saturated carbocycles. The average Bonchev–Trinajstić information content (AvgIpc) is 2.65. The molecular formula is C14H21N3S. The van der Waals surface area contributed by atoms with Crippen molar-refractivity contribution in [2.45, 2.75) is 12.3 Å². The first-order valence-electron chi connectivity index (χ1n) is 6.46. The Morgan fingerprint density at radius 2 is 2.06 bits per heavy atom. The second-order valence-electron chi connectivity index (χ2n) is 4.69. The molecule has 1 saturated heterocycles. The summed E-state index contributed by atoms with van der Waals surface area (Å²) in [6.45, 7) is 3.12. The first-order chi connectivity index (χ1) is 8.77. The number of nitrogens with two attached hydrogens (primary N) is 1. The highest BCUT2D eigenvalue weighted by Crippen LogP contribution is 2.19. The second-order valence-corrected chi connectivity index (χ2v) is 5.91. The van der Waals surface area contributed by atoms with Crippen molar-refractivity contribution >= 4 is 17.6 Å². The van der Waals surface area contributed by atoms with Gasteiger partial charge in [-0.15, -0.1) is 0 Å². The van der Waals surface area contributed by atoms with E-state index in [4.69, 9.17) is 11.1 Å². The molecule has 3 N–H and O–H groups in total. The lowest BCUT2D eigenvalue weighted by atomic mass is 9.97. The molecule has 98 valence electrons. The van der Waals surface area contributed by atoms with Crippen LogP contribution >= 0.6 is 11.8 Å². The van der Waals surface area contributed by atoms with Gasteiger partial charge in [0.25, 0.3) is 0 Å². The number of thioether (sulfide) groups is 1. The third-order valence-corrected chi connectivity index (χ3v) is 4.38. The zero-order valence-electron chi connectivity index (χ0n) is 10.6. The monoisotopic (exact) mass is 263 g/mol. The number of nitrogens with one attached hydrogen (secondary N) is 1. The van der Waals surface area contributed by atoms with Crippen LogP contribution in [0.4, 0.5) is 0 Å². The van der Waals surface area contributed by atoms with Gasteiger partial charge in [-0.2, -0.15) is 11.8 Å². The van der Waals surface area contributed by atoms with E-state index in [-0.39, 0.29) is 11.8 Å². The number of nitrogens with zero attached hydrogens (tertiary/aromatic N) is 1. The smallest absolute Gasteiger partial charge is 0.0995 e. The SMILES string of the molecule is N=C(N)C(CN1CCCSCC1)c1ccccc1. The largest absolute Gasteiger partial charge is 0.387 e. The van der Waals surface area contributed by atoms with E-state index in [0.29, 0.717) is 0 Å². The first kappa shape index (κ1) is 13.4. The molecule has 0 radical (unpaired) electrons. The van der Waals surface area contributed by atoms with E-state index in [1.54, 1.807) is 0 Å². The highest BCUT2D eigenvalue weighted by atomic mass is 32.2. The molecule has 1 unspecified atom stereocenters. The highest BCUT2D eigenvalue weighted by Gasteiger charge is 2.19. The number of rotatable bonds is 4. The standard InChI is InChI=1S/C14H21N3S/c15-14(16)13(12-5-2-1-3-6-12)11-17-7-4-9-18-10-8-17/h1-3,5-6,13H,4,7-11H2,(H3,15,16). The van der Waals surface area contributed by atoms with Crippen LogP contribution in [0, 0.1) is 5.41 Å². The van der Waals surface area contributed by atoms with Gasteiger partial charge in [0.2, 0.25) is 0 Å². The summed E-state index contributed by atoms with van der Waals surface area (Å²) in [6.07, 6.45) is 1.24. The van der Waals surface area contributed by atoms with Gasteiger partial charge in [0.05, 0.1) is 11.8 Å². The molecule has 1 atom stereocenters. The van der Waals surface area contributed by atoms with Crippen LogP contribution in [0.15, 0.2) is 30.3 Å². The summed E-state index contributed by atoms with van der Waals surface area (Å²) in [6, 6.07) is 10.2. The topological polar surface area (TPSA) is 53.1 Å². The van der Waals surface area contributed by atoms with Crippen molar-refractivity contribution in [2.75, 3.05) is 31.1 Å². The molecule has 0 aliphatic carbocycles. The third-order valence-electron chi connectivity index (χ3n) is 3.33. The number of hydrogen-bond donors (Lipinski definition) is 2. The maximum absolute atomic E-state index is 7.81. The van der Waals surface area contributed by atoms with Crippen LogP contribution in [0.2, 0.25) is 0 Å². The van der Waals surface area contributed by atoms with Crippen LogP contribution < -0.4 is 5.73 Å². The van der Waals surface area contributed by atoms with Gasteiger partial charge >= 0.3 is 0 Å². The third kappa shape index (κ3) is 3.75. The maximum atomic E-state index is 7.81. The number of benzene rings is 1. The average molecular weight is 263 g/mol. The molecule has 0 spiro atoms. The molecule has 2 rings (SSSR count). The maximum Gasteiger partial charge on any atom is 0.0995 e. The highest BCUT2D eigenvalue weighted by molar-refractivity contribution is 7.99. The zero-order valence-corrected chi connectivity index (χ0v) is 11.5. The Hall–Kier alpha value is -1.00. The van der Waals surface area contributed by atoms with Crippen molar-refractivity contribution in [1.29, 1.82) is 5.41 Å². The summed E-state index contributed by atoms with van der Waals surface area (Å²) in [5.41, 5.74) is 6.93. The molecule has 0 amide bonds. The lowest BCUT2D eigenvalue weighted by Gasteiger charge is -2.25. The van der Waals surface area contributed by atoms with Gasteiger partial charge in [-0.05, 0) is 24.3 Å². The van der Waals surface area contributed by atoms with E-state index >= 15 is 0 Å². The van der Waals surface area contributed by atoms with E-state index in [1.165, 1.54) is 17.9 Å². The molecule has 0 bridgehead atoms. The minimum Gasteiger partial charge on any atom is -0.387 e. The Bertz CT molecular complexity index is 372. The first-order valence-corrected chi connectivity index (χ1v) is 7.62. The molecule has 4 heteroatoms. The minimum absolute atomic E-state index is 0.0364. The summed E-state index contributed by atoms with van der Waals surface area (Å²) in [5.74, 6) is 2.76. The van der Waals surface area contributed by atoms with Gasteiger partial charge in [0.1, 0.15) is 0 Å². The second kappa shape index (κ2) is 6.81.